The summed E-state index contributed by atoms with van der Waals surface area (Å²) < 4.78 is 0. The van der Waals surface area contributed by atoms with Crippen LogP contribution < -0.4 is 5.32 Å². The van der Waals surface area contributed by atoms with Gasteiger partial charge in [0, 0.05) is 16.5 Å². The predicted molar refractivity (Wildman–Crippen MR) is 112 cm³/mol. The van der Waals surface area contributed by atoms with E-state index in [4.69, 9.17) is 23.2 Å². The molecule has 0 radical (unpaired) electrons. The highest BCUT2D eigenvalue weighted by Gasteiger charge is 2.18. The van der Waals surface area contributed by atoms with E-state index in [9.17, 15) is 4.79 Å². The van der Waals surface area contributed by atoms with Crippen molar-refractivity contribution in [2.24, 2.45) is 0 Å². The summed E-state index contributed by atoms with van der Waals surface area (Å²) in [7, 11) is 0. The maximum Gasteiger partial charge on any atom is 0.221 e. The lowest BCUT2D eigenvalue weighted by Gasteiger charge is -2.22. The van der Waals surface area contributed by atoms with Crippen molar-refractivity contribution in [3.63, 3.8) is 0 Å². The van der Waals surface area contributed by atoms with Crippen LogP contribution >= 0.6 is 23.2 Å². The van der Waals surface area contributed by atoms with Crippen molar-refractivity contribution in [3.05, 3.63) is 105 Å². The third-order valence-electron chi connectivity index (χ3n) is 4.60. The molecule has 27 heavy (non-hydrogen) atoms. The molecule has 1 N–H and O–H groups in total. The molecule has 1 atom stereocenters. The van der Waals surface area contributed by atoms with Crippen molar-refractivity contribution in [3.8, 4) is 0 Å². The Morgan fingerprint density at radius 3 is 2.19 bits per heavy atom. The monoisotopic (exact) mass is 397 g/mol. The molecule has 2 nitrogen and oxygen atoms in total. The van der Waals surface area contributed by atoms with E-state index in [2.05, 4.69) is 24.4 Å². The number of amides is 1. The number of nitrogens with one attached hydrogen (secondary N) is 1. The van der Waals surface area contributed by atoms with Crippen molar-refractivity contribution in [2.75, 3.05) is 0 Å². The zero-order chi connectivity index (χ0) is 19.2. The summed E-state index contributed by atoms with van der Waals surface area (Å²) in [5.41, 5.74) is 4.09. The minimum atomic E-state index is -0.193. The molecule has 3 aromatic rings. The van der Waals surface area contributed by atoms with Gasteiger partial charge in [-0.3, -0.25) is 4.79 Å². The van der Waals surface area contributed by atoms with Crippen LogP contribution in [0, 0.1) is 6.92 Å². The Hall–Kier alpha value is -2.29. The van der Waals surface area contributed by atoms with Gasteiger partial charge in [0.25, 0.3) is 0 Å². The van der Waals surface area contributed by atoms with Crippen molar-refractivity contribution in [2.45, 2.75) is 25.8 Å². The van der Waals surface area contributed by atoms with Gasteiger partial charge >= 0.3 is 0 Å². The molecular weight excluding hydrogens is 377 g/mol. The summed E-state index contributed by atoms with van der Waals surface area (Å²) in [5, 5.41) is 4.36. The fraction of sp³-hybridized carbons (Fsp3) is 0.174. The SMILES string of the molecule is Cc1ccccc1[C@@H](NC(=O)CCc1c(Cl)cccc1Cl)c1ccccc1. The number of hydrogen-bond acceptors (Lipinski definition) is 1. The van der Waals surface area contributed by atoms with E-state index >= 15 is 0 Å². The second-order valence-corrected chi connectivity index (χ2v) is 7.28. The number of benzene rings is 3. The van der Waals surface area contributed by atoms with E-state index in [-0.39, 0.29) is 11.9 Å². The van der Waals surface area contributed by atoms with Crippen LogP contribution in [-0.2, 0) is 11.2 Å². The van der Waals surface area contributed by atoms with Crippen molar-refractivity contribution in [1.82, 2.24) is 5.32 Å². The zero-order valence-corrected chi connectivity index (χ0v) is 16.6. The molecule has 3 aromatic carbocycles. The Kier molecular flexibility index (Phi) is 6.54. The molecule has 0 bridgehead atoms. The maximum atomic E-state index is 12.7. The first-order chi connectivity index (χ1) is 13.1. The predicted octanol–water partition coefficient (Wildman–Crippen LogP) is 6.14. The minimum absolute atomic E-state index is 0.0388. The first-order valence-corrected chi connectivity index (χ1v) is 9.64. The molecule has 0 aliphatic rings. The molecule has 0 aliphatic heterocycles. The van der Waals surface area contributed by atoms with E-state index in [1.54, 1.807) is 18.2 Å². The van der Waals surface area contributed by atoms with E-state index < -0.39 is 0 Å². The van der Waals surface area contributed by atoms with Gasteiger partial charge in [-0.1, -0.05) is 83.9 Å². The number of carbonyl (C=O) groups is 1. The Morgan fingerprint density at radius 1 is 0.889 bits per heavy atom. The second-order valence-electron chi connectivity index (χ2n) is 6.47. The minimum Gasteiger partial charge on any atom is -0.345 e. The quantitative estimate of drug-likeness (QED) is 0.531. The number of aryl methyl sites for hydroxylation is 1. The Balaban J connectivity index is 1.78. The summed E-state index contributed by atoms with van der Waals surface area (Å²) in [6, 6.07) is 23.3. The van der Waals surface area contributed by atoms with Crippen LogP contribution in [-0.4, -0.2) is 5.91 Å². The highest BCUT2D eigenvalue weighted by atomic mass is 35.5. The largest absolute Gasteiger partial charge is 0.345 e. The van der Waals surface area contributed by atoms with Gasteiger partial charge in [-0.05, 0) is 47.7 Å². The van der Waals surface area contributed by atoms with Gasteiger partial charge in [0.15, 0.2) is 0 Å². The van der Waals surface area contributed by atoms with E-state index in [0.717, 1.165) is 22.3 Å². The van der Waals surface area contributed by atoms with Crippen LogP contribution in [0.15, 0.2) is 72.8 Å². The molecule has 3 rings (SSSR count). The van der Waals surface area contributed by atoms with Gasteiger partial charge in [0.2, 0.25) is 5.91 Å². The molecule has 138 valence electrons. The van der Waals surface area contributed by atoms with Crippen LogP contribution in [0.25, 0.3) is 0 Å². The average Bonchev–Trinajstić information content (AvgIpc) is 2.67. The number of carbonyl (C=O) groups excluding carboxylic acids is 1. The van der Waals surface area contributed by atoms with Gasteiger partial charge in [-0.2, -0.15) is 0 Å². The first kappa shape index (κ1) is 19.5. The molecule has 0 unspecified atom stereocenters. The highest BCUT2D eigenvalue weighted by Crippen LogP contribution is 2.27. The van der Waals surface area contributed by atoms with E-state index in [1.165, 1.54) is 0 Å². The lowest BCUT2D eigenvalue weighted by molar-refractivity contribution is -0.121. The summed E-state index contributed by atoms with van der Waals surface area (Å²) in [6.07, 6.45) is 0.818. The first-order valence-electron chi connectivity index (χ1n) is 8.89. The molecule has 4 heteroatoms. The fourth-order valence-corrected chi connectivity index (χ4v) is 3.73. The molecule has 0 fully saturated rings. The Morgan fingerprint density at radius 2 is 1.52 bits per heavy atom. The third kappa shape index (κ3) is 4.91. The summed E-state index contributed by atoms with van der Waals surface area (Å²) in [6.45, 7) is 2.06. The second kappa shape index (κ2) is 9.07. The van der Waals surface area contributed by atoms with Gasteiger partial charge < -0.3 is 5.32 Å². The van der Waals surface area contributed by atoms with Crippen LogP contribution in [0.3, 0.4) is 0 Å². The lowest BCUT2D eigenvalue weighted by atomic mass is 9.94. The van der Waals surface area contributed by atoms with Gasteiger partial charge in [0.1, 0.15) is 0 Å². The number of rotatable bonds is 6. The van der Waals surface area contributed by atoms with Crippen molar-refractivity contribution in [1.29, 1.82) is 0 Å². The van der Waals surface area contributed by atoms with Gasteiger partial charge in [0.05, 0.1) is 6.04 Å². The van der Waals surface area contributed by atoms with E-state index in [1.807, 2.05) is 42.5 Å². The van der Waals surface area contributed by atoms with Crippen LogP contribution in [0.5, 0.6) is 0 Å². The molecular formula is C23H21Cl2NO. The fourth-order valence-electron chi connectivity index (χ4n) is 3.14. The van der Waals surface area contributed by atoms with Crippen molar-refractivity contribution < 1.29 is 4.79 Å². The zero-order valence-electron chi connectivity index (χ0n) is 15.1. The van der Waals surface area contributed by atoms with Gasteiger partial charge in [-0.25, -0.2) is 0 Å². The average molecular weight is 398 g/mol. The molecule has 0 spiro atoms. The highest BCUT2D eigenvalue weighted by molar-refractivity contribution is 6.36. The Bertz CT molecular complexity index is 904. The Labute approximate surface area is 170 Å². The van der Waals surface area contributed by atoms with Crippen molar-refractivity contribution >= 4 is 29.1 Å². The molecule has 0 saturated heterocycles. The maximum absolute atomic E-state index is 12.7. The molecule has 0 aromatic heterocycles. The summed E-state index contributed by atoms with van der Waals surface area (Å²) in [4.78, 5) is 12.7. The third-order valence-corrected chi connectivity index (χ3v) is 5.31. The van der Waals surface area contributed by atoms with Crippen LogP contribution in [0.2, 0.25) is 10.0 Å². The van der Waals surface area contributed by atoms with E-state index in [0.29, 0.717) is 22.9 Å². The molecule has 0 saturated carbocycles. The smallest absolute Gasteiger partial charge is 0.221 e. The number of hydrogen-bond donors (Lipinski definition) is 1. The topological polar surface area (TPSA) is 29.1 Å². The molecule has 0 aliphatic carbocycles. The van der Waals surface area contributed by atoms with Crippen LogP contribution in [0.4, 0.5) is 0 Å². The summed E-state index contributed by atoms with van der Waals surface area (Å²) >= 11 is 12.4. The molecule has 1 amide bonds. The standard InChI is InChI=1S/C23H21Cl2NO/c1-16-8-5-6-11-18(16)23(17-9-3-2-4-10-17)26-22(27)15-14-19-20(24)12-7-13-21(19)25/h2-13,23H,14-15H2,1H3,(H,26,27)/t23-/m0/s1. The molecule has 0 heterocycles. The number of halogens is 2. The lowest BCUT2D eigenvalue weighted by Crippen LogP contribution is -2.30. The normalized spacial score (nSPS) is 11.8. The van der Waals surface area contributed by atoms with Gasteiger partial charge in [-0.15, -0.1) is 0 Å². The van der Waals surface area contributed by atoms with Crippen LogP contribution in [0.1, 0.15) is 34.7 Å². The summed E-state index contributed by atoms with van der Waals surface area (Å²) in [5.74, 6) is -0.0388.